The third-order valence-corrected chi connectivity index (χ3v) is 1.57. The zero-order valence-corrected chi connectivity index (χ0v) is 6.82. The van der Waals surface area contributed by atoms with Crippen molar-refractivity contribution in [2.75, 3.05) is 13.2 Å². The highest BCUT2D eigenvalue weighted by Crippen LogP contribution is 2.12. The summed E-state index contributed by atoms with van der Waals surface area (Å²) in [7, 11) is 0. The molecule has 1 amide bonds. The number of ether oxygens (including phenoxy) is 1. The van der Waals surface area contributed by atoms with Gasteiger partial charge in [-0.1, -0.05) is 19.2 Å². The van der Waals surface area contributed by atoms with Gasteiger partial charge in [0.25, 0.3) is 0 Å². The fraction of sp³-hybridized carbons (Fsp3) is 0.222. The SMILES string of the molecule is C=C/C=C(\C=C)N1CCOC1=O. The molecule has 0 atom stereocenters. The van der Waals surface area contributed by atoms with Crippen molar-refractivity contribution in [3.63, 3.8) is 0 Å². The Labute approximate surface area is 71.6 Å². The van der Waals surface area contributed by atoms with Gasteiger partial charge < -0.3 is 4.74 Å². The molecular formula is C9H11NO2. The molecule has 1 fully saturated rings. The predicted octanol–water partition coefficient (Wildman–Crippen LogP) is 1.69. The van der Waals surface area contributed by atoms with Gasteiger partial charge in [0.2, 0.25) is 0 Å². The van der Waals surface area contributed by atoms with Crippen LogP contribution in [0.5, 0.6) is 0 Å². The van der Waals surface area contributed by atoms with Crippen LogP contribution in [-0.2, 0) is 4.74 Å². The van der Waals surface area contributed by atoms with Crippen LogP contribution in [0.3, 0.4) is 0 Å². The molecule has 0 aromatic rings. The Morgan fingerprint density at radius 3 is 2.75 bits per heavy atom. The van der Waals surface area contributed by atoms with Crippen molar-refractivity contribution in [1.29, 1.82) is 0 Å². The molecule has 1 heterocycles. The van der Waals surface area contributed by atoms with E-state index in [4.69, 9.17) is 4.74 Å². The monoisotopic (exact) mass is 165 g/mol. The molecule has 0 aliphatic carbocycles. The van der Waals surface area contributed by atoms with Crippen LogP contribution in [0.4, 0.5) is 4.79 Å². The average Bonchev–Trinajstić information content (AvgIpc) is 2.47. The van der Waals surface area contributed by atoms with Gasteiger partial charge >= 0.3 is 6.09 Å². The summed E-state index contributed by atoms with van der Waals surface area (Å²) in [6.07, 6.45) is 4.62. The van der Waals surface area contributed by atoms with Gasteiger partial charge in [-0.15, -0.1) is 0 Å². The van der Waals surface area contributed by atoms with Gasteiger partial charge in [0.1, 0.15) is 6.61 Å². The molecular weight excluding hydrogens is 154 g/mol. The quantitative estimate of drug-likeness (QED) is 0.595. The van der Waals surface area contributed by atoms with E-state index in [0.717, 1.165) is 5.70 Å². The maximum absolute atomic E-state index is 11.0. The largest absolute Gasteiger partial charge is 0.447 e. The van der Waals surface area contributed by atoms with Crippen molar-refractivity contribution in [2.45, 2.75) is 0 Å². The van der Waals surface area contributed by atoms with E-state index < -0.39 is 0 Å². The van der Waals surface area contributed by atoms with Crippen LogP contribution in [-0.4, -0.2) is 24.1 Å². The molecule has 3 heteroatoms. The van der Waals surface area contributed by atoms with E-state index in [1.807, 2.05) is 0 Å². The number of hydrogen-bond donors (Lipinski definition) is 0. The summed E-state index contributed by atoms with van der Waals surface area (Å²) < 4.78 is 4.76. The maximum atomic E-state index is 11.0. The summed E-state index contributed by atoms with van der Waals surface area (Å²) in [5, 5.41) is 0. The summed E-state index contributed by atoms with van der Waals surface area (Å²) in [5.74, 6) is 0. The molecule has 0 spiro atoms. The number of nitrogens with zero attached hydrogens (tertiary/aromatic N) is 1. The predicted molar refractivity (Wildman–Crippen MR) is 46.5 cm³/mol. The summed E-state index contributed by atoms with van der Waals surface area (Å²) in [5.41, 5.74) is 0.729. The van der Waals surface area contributed by atoms with E-state index in [1.165, 1.54) is 4.90 Å². The van der Waals surface area contributed by atoms with Gasteiger partial charge in [-0.2, -0.15) is 0 Å². The van der Waals surface area contributed by atoms with Crippen LogP contribution in [0.25, 0.3) is 0 Å². The summed E-state index contributed by atoms with van der Waals surface area (Å²) >= 11 is 0. The molecule has 0 bridgehead atoms. The minimum Gasteiger partial charge on any atom is -0.447 e. The Kier molecular flexibility index (Phi) is 2.69. The molecule has 0 aromatic heterocycles. The minimum atomic E-state index is -0.317. The molecule has 0 unspecified atom stereocenters. The highest BCUT2D eigenvalue weighted by molar-refractivity contribution is 5.72. The lowest BCUT2D eigenvalue weighted by Gasteiger charge is -2.12. The van der Waals surface area contributed by atoms with Crippen molar-refractivity contribution in [2.24, 2.45) is 0 Å². The van der Waals surface area contributed by atoms with Gasteiger partial charge in [-0.25, -0.2) is 4.79 Å². The number of rotatable bonds is 3. The zero-order valence-electron chi connectivity index (χ0n) is 6.82. The van der Waals surface area contributed by atoms with E-state index in [2.05, 4.69) is 13.2 Å². The fourth-order valence-corrected chi connectivity index (χ4v) is 1.02. The van der Waals surface area contributed by atoms with Crippen LogP contribution in [0.1, 0.15) is 0 Å². The van der Waals surface area contributed by atoms with Gasteiger partial charge in [0.15, 0.2) is 0 Å². The number of amides is 1. The highest BCUT2D eigenvalue weighted by Gasteiger charge is 2.23. The topological polar surface area (TPSA) is 29.5 Å². The Morgan fingerprint density at radius 1 is 1.58 bits per heavy atom. The number of allylic oxidation sites excluding steroid dienone is 3. The fourth-order valence-electron chi connectivity index (χ4n) is 1.02. The smallest absolute Gasteiger partial charge is 0.414 e. The van der Waals surface area contributed by atoms with Gasteiger partial charge in [-0.3, -0.25) is 4.90 Å². The summed E-state index contributed by atoms with van der Waals surface area (Å²) in [4.78, 5) is 12.6. The average molecular weight is 165 g/mol. The molecule has 0 saturated carbocycles. The number of carbonyl (C=O) groups is 1. The molecule has 1 aliphatic rings. The first-order valence-electron chi connectivity index (χ1n) is 3.69. The first-order chi connectivity index (χ1) is 5.79. The van der Waals surface area contributed by atoms with Crippen molar-refractivity contribution in [3.8, 4) is 0 Å². The minimum absolute atomic E-state index is 0.317. The second-order valence-corrected chi connectivity index (χ2v) is 2.30. The van der Waals surface area contributed by atoms with Gasteiger partial charge in [0, 0.05) is 5.70 Å². The van der Waals surface area contributed by atoms with E-state index in [-0.39, 0.29) is 6.09 Å². The van der Waals surface area contributed by atoms with Crippen LogP contribution in [0, 0.1) is 0 Å². The van der Waals surface area contributed by atoms with Crippen LogP contribution in [0.15, 0.2) is 37.1 Å². The van der Waals surface area contributed by atoms with E-state index in [0.29, 0.717) is 13.2 Å². The molecule has 1 rings (SSSR count). The lowest BCUT2D eigenvalue weighted by Crippen LogP contribution is -2.22. The Hall–Kier alpha value is -1.51. The summed E-state index contributed by atoms with van der Waals surface area (Å²) in [6, 6.07) is 0. The van der Waals surface area contributed by atoms with E-state index in [9.17, 15) is 4.79 Å². The lowest BCUT2D eigenvalue weighted by atomic mass is 10.3. The molecule has 12 heavy (non-hydrogen) atoms. The molecule has 0 radical (unpaired) electrons. The van der Waals surface area contributed by atoms with Crippen LogP contribution >= 0.6 is 0 Å². The number of hydrogen-bond acceptors (Lipinski definition) is 2. The molecule has 1 saturated heterocycles. The maximum Gasteiger partial charge on any atom is 0.414 e. The van der Waals surface area contributed by atoms with Crippen molar-refractivity contribution in [1.82, 2.24) is 4.90 Å². The zero-order chi connectivity index (χ0) is 8.97. The molecule has 1 aliphatic heterocycles. The van der Waals surface area contributed by atoms with Crippen molar-refractivity contribution in [3.05, 3.63) is 37.1 Å². The number of carbonyl (C=O) groups excluding carboxylic acids is 1. The van der Waals surface area contributed by atoms with E-state index in [1.54, 1.807) is 18.2 Å². The third kappa shape index (κ3) is 1.56. The second kappa shape index (κ2) is 3.76. The molecule has 0 N–H and O–H groups in total. The van der Waals surface area contributed by atoms with Crippen molar-refractivity contribution >= 4 is 6.09 Å². The van der Waals surface area contributed by atoms with Gasteiger partial charge in [-0.05, 0) is 12.2 Å². The number of cyclic esters (lactones) is 1. The van der Waals surface area contributed by atoms with E-state index >= 15 is 0 Å². The Balaban J connectivity index is 2.78. The Morgan fingerprint density at radius 2 is 2.33 bits per heavy atom. The second-order valence-electron chi connectivity index (χ2n) is 2.30. The lowest BCUT2D eigenvalue weighted by molar-refractivity contribution is 0.165. The van der Waals surface area contributed by atoms with Crippen LogP contribution < -0.4 is 0 Å². The standard InChI is InChI=1S/C9H11NO2/c1-3-5-8(4-2)10-6-7-12-9(10)11/h3-5H,1-2,6-7H2/b8-5+. The molecule has 64 valence electrons. The van der Waals surface area contributed by atoms with Crippen molar-refractivity contribution < 1.29 is 9.53 Å². The normalized spacial score (nSPS) is 17.5. The third-order valence-electron chi connectivity index (χ3n) is 1.57. The molecule has 3 nitrogen and oxygen atoms in total. The molecule has 0 aromatic carbocycles. The van der Waals surface area contributed by atoms with Crippen LogP contribution in [0.2, 0.25) is 0 Å². The first kappa shape index (κ1) is 8.59. The summed E-state index contributed by atoms with van der Waals surface area (Å²) in [6.45, 7) is 8.17. The highest BCUT2D eigenvalue weighted by atomic mass is 16.6. The Bertz CT molecular complexity index is 243. The van der Waals surface area contributed by atoms with Gasteiger partial charge in [0.05, 0.1) is 6.54 Å². The first-order valence-corrected chi connectivity index (χ1v) is 3.69.